The van der Waals surface area contributed by atoms with Gasteiger partial charge in [-0.25, -0.2) is 8.42 Å². The van der Waals surface area contributed by atoms with Crippen LogP contribution in [-0.4, -0.2) is 44.4 Å². The molecule has 0 radical (unpaired) electrons. The molecule has 2 fully saturated rings. The number of amides is 1. The molecule has 0 saturated carbocycles. The predicted octanol–water partition coefficient (Wildman–Crippen LogP) is 3.05. The molecule has 2 saturated heterocycles. The second kappa shape index (κ2) is 8.64. The Morgan fingerprint density at radius 1 is 1.00 bits per heavy atom. The molecule has 2 aromatic carbocycles. The minimum absolute atomic E-state index is 0. The molecule has 28 heavy (non-hydrogen) atoms. The Morgan fingerprint density at radius 2 is 1.75 bits per heavy atom. The Hall–Kier alpha value is -1.89. The van der Waals surface area contributed by atoms with Crippen LogP contribution in [0.25, 0.3) is 0 Å². The van der Waals surface area contributed by atoms with Crippen LogP contribution in [0, 0.1) is 0 Å². The van der Waals surface area contributed by atoms with Crippen LogP contribution in [0.2, 0.25) is 0 Å². The third kappa shape index (κ3) is 4.57. The lowest BCUT2D eigenvalue weighted by Gasteiger charge is -2.24. The Morgan fingerprint density at radius 3 is 2.54 bits per heavy atom. The van der Waals surface area contributed by atoms with Crippen molar-refractivity contribution < 1.29 is 13.2 Å². The SMILES string of the molecule is Cl.O=C(c1cccc(CS(=O)(=O)c2ccccc2)c1)N1CCC2CCC(C1)N2. The van der Waals surface area contributed by atoms with E-state index in [2.05, 4.69) is 5.32 Å². The van der Waals surface area contributed by atoms with Crippen molar-refractivity contribution in [2.75, 3.05) is 13.1 Å². The van der Waals surface area contributed by atoms with Crippen molar-refractivity contribution in [2.24, 2.45) is 0 Å². The quantitative estimate of drug-likeness (QED) is 0.825. The minimum Gasteiger partial charge on any atom is -0.337 e. The van der Waals surface area contributed by atoms with Crippen LogP contribution < -0.4 is 5.32 Å². The van der Waals surface area contributed by atoms with Crippen molar-refractivity contribution in [3.05, 3.63) is 65.7 Å². The second-order valence-electron chi connectivity index (χ2n) is 7.45. The molecule has 2 aliphatic rings. The van der Waals surface area contributed by atoms with Crippen molar-refractivity contribution in [1.82, 2.24) is 10.2 Å². The summed E-state index contributed by atoms with van der Waals surface area (Å²) in [4.78, 5) is 15.2. The number of hydrogen-bond acceptors (Lipinski definition) is 4. The van der Waals surface area contributed by atoms with Crippen molar-refractivity contribution in [3.8, 4) is 0 Å². The van der Waals surface area contributed by atoms with E-state index in [0.29, 0.717) is 28.1 Å². The van der Waals surface area contributed by atoms with Gasteiger partial charge in [-0.15, -0.1) is 12.4 Å². The third-order valence-corrected chi connectivity index (χ3v) is 7.15. The summed E-state index contributed by atoms with van der Waals surface area (Å²) < 4.78 is 25.2. The standard InChI is InChI=1S/C21H24N2O3S.ClH/c24-21(23-12-11-18-9-10-19(14-23)22-18)17-6-4-5-16(13-17)15-27(25,26)20-7-2-1-3-8-20;/h1-8,13,18-19,22H,9-12,14-15H2;1H. The molecule has 2 atom stereocenters. The lowest BCUT2D eigenvalue weighted by atomic mass is 10.1. The summed E-state index contributed by atoms with van der Waals surface area (Å²) in [5.41, 5.74) is 1.20. The summed E-state index contributed by atoms with van der Waals surface area (Å²) in [6, 6.07) is 16.4. The van der Waals surface area contributed by atoms with E-state index in [0.717, 1.165) is 25.9 Å². The highest BCUT2D eigenvalue weighted by Gasteiger charge is 2.31. The molecule has 0 spiro atoms. The summed E-state index contributed by atoms with van der Waals surface area (Å²) in [7, 11) is -3.43. The van der Waals surface area contributed by atoms with Gasteiger partial charge in [-0.05, 0) is 49.1 Å². The molecule has 1 N–H and O–H groups in total. The van der Waals surface area contributed by atoms with Crippen molar-refractivity contribution >= 4 is 28.2 Å². The maximum Gasteiger partial charge on any atom is 0.253 e. The van der Waals surface area contributed by atoms with E-state index < -0.39 is 9.84 Å². The number of sulfone groups is 1. The Bertz CT molecular complexity index is 934. The Balaban J connectivity index is 0.00000225. The molecule has 2 bridgehead atoms. The fourth-order valence-corrected chi connectivity index (χ4v) is 5.39. The molecule has 2 heterocycles. The number of carbonyl (C=O) groups is 1. The maximum atomic E-state index is 13.0. The fraction of sp³-hybridized carbons (Fsp3) is 0.381. The van der Waals surface area contributed by atoms with Crippen LogP contribution in [0.15, 0.2) is 59.5 Å². The molecule has 4 rings (SSSR count). The summed E-state index contributed by atoms with van der Waals surface area (Å²) in [6.45, 7) is 1.47. The molecule has 2 aliphatic heterocycles. The van der Waals surface area contributed by atoms with E-state index in [9.17, 15) is 13.2 Å². The molecule has 2 unspecified atom stereocenters. The first-order valence-electron chi connectivity index (χ1n) is 9.43. The topological polar surface area (TPSA) is 66.5 Å². The number of carbonyl (C=O) groups excluding carboxylic acids is 1. The Labute approximate surface area is 172 Å². The monoisotopic (exact) mass is 420 g/mol. The predicted molar refractivity (Wildman–Crippen MR) is 111 cm³/mol. The zero-order valence-electron chi connectivity index (χ0n) is 15.6. The average Bonchev–Trinajstić information content (AvgIpc) is 3.00. The average molecular weight is 421 g/mol. The Kier molecular flexibility index (Phi) is 6.43. The van der Waals surface area contributed by atoms with E-state index in [1.165, 1.54) is 6.42 Å². The number of rotatable bonds is 4. The van der Waals surface area contributed by atoms with E-state index in [1.54, 1.807) is 54.6 Å². The van der Waals surface area contributed by atoms with Gasteiger partial charge in [0.05, 0.1) is 10.6 Å². The van der Waals surface area contributed by atoms with Gasteiger partial charge in [-0.2, -0.15) is 0 Å². The van der Waals surface area contributed by atoms with Gasteiger partial charge in [0.25, 0.3) is 5.91 Å². The molecule has 7 heteroatoms. The van der Waals surface area contributed by atoms with Crippen LogP contribution in [0.5, 0.6) is 0 Å². The van der Waals surface area contributed by atoms with Crippen molar-refractivity contribution in [3.63, 3.8) is 0 Å². The number of hydrogen-bond donors (Lipinski definition) is 1. The zero-order chi connectivity index (χ0) is 18.9. The lowest BCUT2D eigenvalue weighted by molar-refractivity contribution is 0.0748. The van der Waals surface area contributed by atoms with Gasteiger partial charge in [0.2, 0.25) is 0 Å². The first kappa shape index (κ1) is 20.8. The van der Waals surface area contributed by atoms with Gasteiger partial charge in [-0.1, -0.05) is 30.3 Å². The van der Waals surface area contributed by atoms with Crippen LogP contribution in [0.4, 0.5) is 0 Å². The van der Waals surface area contributed by atoms with Crippen LogP contribution in [-0.2, 0) is 15.6 Å². The van der Waals surface area contributed by atoms with Crippen LogP contribution in [0.1, 0.15) is 35.2 Å². The van der Waals surface area contributed by atoms with Crippen LogP contribution >= 0.6 is 12.4 Å². The summed E-state index contributed by atoms with van der Waals surface area (Å²) in [6.07, 6.45) is 3.29. The maximum absolute atomic E-state index is 13.0. The van der Waals surface area contributed by atoms with E-state index in [1.807, 2.05) is 4.90 Å². The second-order valence-corrected chi connectivity index (χ2v) is 9.44. The van der Waals surface area contributed by atoms with E-state index >= 15 is 0 Å². The fourth-order valence-electron chi connectivity index (χ4n) is 4.03. The minimum atomic E-state index is -3.43. The summed E-state index contributed by atoms with van der Waals surface area (Å²) >= 11 is 0. The number of nitrogens with zero attached hydrogens (tertiary/aromatic N) is 1. The highest BCUT2D eigenvalue weighted by Crippen LogP contribution is 2.22. The molecule has 1 amide bonds. The number of fused-ring (bicyclic) bond motifs is 2. The highest BCUT2D eigenvalue weighted by atomic mass is 35.5. The lowest BCUT2D eigenvalue weighted by Crippen LogP contribution is -2.39. The van der Waals surface area contributed by atoms with Gasteiger partial charge in [0, 0.05) is 30.7 Å². The summed E-state index contributed by atoms with van der Waals surface area (Å²) in [5.74, 6) is -0.118. The summed E-state index contributed by atoms with van der Waals surface area (Å²) in [5, 5.41) is 3.58. The molecular weight excluding hydrogens is 396 g/mol. The first-order chi connectivity index (χ1) is 13.0. The van der Waals surface area contributed by atoms with Crippen molar-refractivity contribution in [2.45, 2.75) is 42.0 Å². The van der Waals surface area contributed by atoms with Gasteiger partial charge in [0.1, 0.15) is 0 Å². The van der Waals surface area contributed by atoms with Gasteiger partial charge in [0.15, 0.2) is 9.84 Å². The zero-order valence-corrected chi connectivity index (χ0v) is 17.2. The smallest absolute Gasteiger partial charge is 0.253 e. The molecular formula is C21H25ClN2O3S. The molecule has 5 nitrogen and oxygen atoms in total. The van der Waals surface area contributed by atoms with Gasteiger partial charge in [-0.3, -0.25) is 4.79 Å². The van der Waals surface area contributed by atoms with Crippen molar-refractivity contribution in [1.29, 1.82) is 0 Å². The molecule has 150 valence electrons. The van der Waals surface area contributed by atoms with Gasteiger partial charge >= 0.3 is 0 Å². The molecule has 2 aromatic rings. The number of nitrogens with one attached hydrogen (secondary N) is 1. The number of halogens is 1. The largest absolute Gasteiger partial charge is 0.337 e. The molecule has 0 aromatic heterocycles. The van der Waals surface area contributed by atoms with E-state index in [4.69, 9.17) is 0 Å². The van der Waals surface area contributed by atoms with Crippen LogP contribution in [0.3, 0.4) is 0 Å². The normalized spacial score (nSPS) is 21.6. The molecule has 0 aliphatic carbocycles. The van der Waals surface area contributed by atoms with Gasteiger partial charge < -0.3 is 10.2 Å². The third-order valence-electron chi connectivity index (χ3n) is 5.44. The number of benzene rings is 2. The van der Waals surface area contributed by atoms with E-state index in [-0.39, 0.29) is 24.1 Å². The first-order valence-corrected chi connectivity index (χ1v) is 11.1. The highest BCUT2D eigenvalue weighted by molar-refractivity contribution is 7.90. The number of likely N-dealkylation sites (tertiary alicyclic amines) is 1.